The SMILES string of the molecule is C=C(C)C(=O)OCC[Si](C)(CC)OC. The second-order valence-corrected chi connectivity index (χ2v) is 8.19. The summed E-state index contributed by atoms with van der Waals surface area (Å²) in [6.45, 7) is 9.85. The van der Waals surface area contributed by atoms with E-state index in [1.54, 1.807) is 14.0 Å². The Kier molecular flexibility index (Phi) is 5.72. The Morgan fingerprint density at radius 1 is 1.50 bits per heavy atom. The highest BCUT2D eigenvalue weighted by atomic mass is 28.4. The molecule has 14 heavy (non-hydrogen) atoms. The van der Waals surface area contributed by atoms with Gasteiger partial charge in [-0.1, -0.05) is 13.5 Å². The average Bonchev–Trinajstić information content (AvgIpc) is 2.17. The lowest BCUT2D eigenvalue weighted by Gasteiger charge is -2.23. The Morgan fingerprint density at radius 2 is 2.07 bits per heavy atom. The van der Waals surface area contributed by atoms with Gasteiger partial charge in [0.1, 0.15) is 0 Å². The second kappa shape index (κ2) is 5.98. The maximum atomic E-state index is 11.1. The summed E-state index contributed by atoms with van der Waals surface area (Å²) in [6, 6.07) is 1.88. The van der Waals surface area contributed by atoms with E-state index >= 15 is 0 Å². The summed E-state index contributed by atoms with van der Waals surface area (Å²) in [5.74, 6) is -0.312. The van der Waals surface area contributed by atoms with Crippen LogP contribution in [-0.2, 0) is 14.0 Å². The summed E-state index contributed by atoms with van der Waals surface area (Å²) >= 11 is 0. The van der Waals surface area contributed by atoms with Crippen LogP contribution in [0.3, 0.4) is 0 Å². The molecule has 82 valence electrons. The van der Waals surface area contributed by atoms with E-state index in [9.17, 15) is 4.79 Å². The van der Waals surface area contributed by atoms with Crippen LogP contribution < -0.4 is 0 Å². The van der Waals surface area contributed by atoms with Crippen LogP contribution in [0.1, 0.15) is 13.8 Å². The Labute approximate surface area is 87.2 Å². The van der Waals surface area contributed by atoms with Gasteiger partial charge < -0.3 is 9.16 Å². The van der Waals surface area contributed by atoms with E-state index in [2.05, 4.69) is 20.0 Å². The van der Waals surface area contributed by atoms with Gasteiger partial charge in [0.2, 0.25) is 0 Å². The molecule has 0 spiro atoms. The summed E-state index contributed by atoms with van der Waals surface area (Å²) in [7, 11) is 0.127. The van der Waals surface area contributed by atoms with Crippen LogP contribution in [0.2, 0.25) is 18.6 Å². The molecule has 0 aromatic carbocycles. The van der Waals surface area contributed by atoms with Crippen molar-refractivity contribution in [2.24, 2.45) is 0 Å². The molecule has 3 nitrogen and oxygen atoms in total. The van der Waals surface area contributed by atoms with Crippen LogP contribution >= 0.6 is 0 Å². The van der Waals surface area contributed by atoms with Crippen molar-refractivity contribution < 1.29 is 14.0 Å². The maximum Gasteiger partial charge on any atom is 0.333 e. The Morgan fingerprint density at radius 3 is 2.43 bits per heavy atom. The van der Waals surface area contributed by atoms with E-state index in [1.807, 2.05) is 0 Å². The molecular weight excluding hydrogens is 196 g/mol. The molecule has 0 bridgehead atoms. The lowest BCUT2D eigenvalue weighted by atomic mass is 10.4. The third-order valence-corrected chi connectivity index (χ3v) is 6.20. The summed E-state index contributed by atoms with van der Waals surface area (Å²) in [5.41, 5.74) is 0.447. The molecule has 0 saturated carbocycles. The average molecular weight is 216 g/mol. The Hall–Kier alpha value is -0.613. The number of hydrogen-bond donors (Lipinski definition) is 0. The van der Waals surface area contributed by atoms with E-state index in [0.717, 1.165) is 12.1 Å². The maximum absolute atomic E-state index is 11.1. The standard InChI is InChI=1S/C10H20O3Si/c1-6-14(5,12-4)8-7-13-10(11)9(2)3/h2,6-8H2,1,3-5H3. The van der Waals surface area contributed by atoms with Gasteiger partial charge in [-0.15, -0.1) is 0 Å². The fourth-order valence-corrected chi connectivity index (χ4v) is 2.29. The topological polar surface area (TPSA) is 35.5 Å². The highest BCUT2D eigenvalue weighted by molar-refractivity contribution is 6.72. The molecule has 0 radical (unpaired) electrons. The van der Waals surface area contributed by atoms with Crippen molar-refractivity contribution in [1.29, 1.82) is 0 Å². The Bertz CT molecular complexity index is 209. The van der Waals surface area contributed by atoms with Gasteiger partial charge in [-0.3, -0.25) is 0 Å². The second-order valence-electron chi connectivity index (χ2n) is 3.67. The first kappa shape index (κ1) is 13.4. The molecule has 0 aliphatic rings. The van der Waals surface area contributed by atoms with E-state index < -0.39 is 8.32 Å². The van der Waals surface area contributed by atoms with Crippen LogP contribution in [0.25, 0.3) is 0 Å². The number of ether oxygens (including phenoxy) is 1. The molecule has 0 heterocycles. The number of rotatable bonds is 6. The van der Waals surface area contributed by atoms with Crippen molar-refractivity contribution in [3.05, 3.63) is 12.2 Å². The first-order valence-corrected chi connectivity index (χ1v) is 7.65. The van der Waals surface area contributed by atoms with Crippen LogP contribution in [0, 0.1) is 0 Å². The van der Waals surface area contributed by atoms with Gasteiger partial charge in [-0.25, -0.2) is 4.79 Å². The quantitative estimate of drug-likeness (QED) is 0.388. The van der Waals surface area contributed by atoms with E-state index in [1.165, 1.54) is 0 Å². The van der Waals surface area contributed by atoms with Crippen molar-refractivity contribution in [1.82, 2.24) is 0 Å². The molecule has 0 N–H and O–H groups in total. The first-order chi connectivity index (χ1) is 6.45. The van der Waals surface area contributed by atoms with Crippen LogP contribution in [-0.4, -0.2) is 28.0 Å². The summed E-state index contributed by atoms with van der Waals surface area (Å²) in [4.78, 5) is 11.1. The summed E-state index contributed by atoms with van der Waals surface area (Å²) in [6.07, 6.45) is 0. The zero-order valence-electron chi connectivity index (χ0n) is 9.55. The fraction of sp³-hybridized carbons (Fsp3) is 0.700. The zero-order chi connectivity index (χ0) is 11.2. The van der Waals surface area contributed by atoms with Crippen molar-refractivity contribution in [2.45, 2.75) is 32.5 Å². The Balaban J connectivity index is 3.83. The normalized spacial score (nSPS) is 14.6. The molecule has 0 aromatic rings. The molecule has 0 aliphatic carbocycles. The molecule has 4 heteroatoms. The van der Waals surface area contributed by atoms with Gasteiger partial charge in [0.15, 0.2) is 8.32 Å². The first-order valence-electron chi connectivity index (χ1n) is 4.83. The lowest BCUT2D eigenvalue weighted by molar-refractivity contribution is -0.138. The van der Waals surface area contributed by atoms with Crippen molar-refractivity contribution in [3.63, 3.8) is 0 Å². The van der Waals surface area contributed by atoms with Gasteiger partial charge in [-0.05, 0) is 19.5 Å². The van der Waals surface area contributed by atoms with Gasteiger partial charge in [-0.2, -0.15) is 0 Å². The van der Waals surface area contributed by atoms with E-state index in [0.29, 0.717) is 12.2 Å². The zero-order valence-corrected chi connectivity index (χ0v) is 10.6. The van der Waals surface area contributed by atoms with Crippen LogP contribution in [0.5, 0.6) is 0 Å². The predicted molar refractivity (Wildman–Crippen MR) is 59.7 cm³/mol. The minimum atomic E-state index is -1.61. The van der Waals surface area contributed by atoms with E-state index in [4.69, 9.17) is 9.16 Å². The summed E-state index contributed by atoms with van der Waals surface area (Å²) in [5, 5.41) is 0. The fourth-order valence-electron chi connectivity index (χ4n) is 0.906. The molecule has 0 amide bonds. The minimum absolute atomic E-state index is 0.312. The molecule has 0 saturated heterocycles. The van der Waals surface area contributed by atoms with Gasteiger partial charge in [0.25, 0.3) is 0 Å². The number of hydrogen-bond acceptors (Lipinski definition) is 3. The monoisotopic (exact) mass is 216 g/mol. The van der Waals surface area contributed by atoms with Gasteiger partial charge in [0.05, 0.1) is 6.61 Å². The van der Waals surface area contributed by atoms with Crippen molar-refractivity contribution >= 4 is 14.3 Å². The third kappa shape index (κ3) is 4.57. The molecule has 0 aromatic heterocycles. The predicted octanol–water partition coefficient (Wildman–Crippen LogP) is 2.35. The highest BCUT2D eigenvalue weighted by Gasteiger charge is 2.25. The number of esters is 1. The van der Waals surface area contributed by atoms with Crippen molar-refractivity contribution in [3.8, 4) is 0 Å². The van der Waals surface area contributed by atoms with E-state index in [-0.39, 0.29) is 5.97 Å². The smallest absolute Gasteiger partial charge is 0.333 e. The van der Waals surface area contributed by atoms with Crippen molar-refractivity contribution in [2.75, 3.05) is 13.7 Å². The molecule has 0 aliphatic heterocycles. The lowest BCUT2D eigenvalue weighted by Crippen LogP contribution is -2.33. The molecule has 1 unspecified atom stereocenters. The van der Waals surface area contributed by atoms with Gasteiger partial charge in [0, 0.05) is 18.7 Å². The van der Waals surface area contributed by atoms with Crippen LogP contribution in [0.15, 0.2) is 12.2 Å². The molecule has 0 rings (SSSR count). The third-order valence-electron chi connectivity index (χ3n) is 2.45. The largest absolute Gasteiger partial charge is 0.463 e. The minimum Gasteiger partial charge on any atom is -0.463 e. The van der Waals surface area contributed by atoms with Crippen LogP contribution in [0.4, 0.5) is 0 Å². The molecule has 1 atom stereocenters. The highest BCUT2D eigenvalue weighted by Crippen LogP contribution is 2.15. The molecular formula is C10H20O3Si. The number of carbonyl (C=O) groups is 1. The van der Waals surface area contributed by atoms with Gasteiger partial charge >= 0.3 is 5.97 Å². The number of carbonyl (C=O) groups excluding carboxylic acids is 1. The molecule has 0 fully saturated rings. The summed E-state index contributed by atoms with van der Waals surface area (Å²) < 4.78 is 10.5.